The van der Waals surface area contributed by atoms with E-state index in [1.165, 1.54) is 6.07 Å². The number of carbonyl (C=O) groups is 2. The lowest BCUT2D eigenvalue weighted by Gasteiger charge is -2.37. The zero-order valence-electron chi connectivity index (χ0n) is 16.4. The maximum atomic E-state index is 14.0. The van der Waals surface area contributed by atoms with Gasteiger partial charge in [0, 0.05) is 18.2 Å². The van der Waals surface area contributed by atoms with Gasteiger partial charge in [0.1, 0.15) is 11.6 Å². The second-order valence-corrected chi connectivity index (χ2v) is 7.51. The molecule has 1 aromatic carbocycles. The summed E-state index contributed by atoms with van der Waals surface area (Å²) in [6.45, 7) is 3.83. The number of benzene rings is 1. The van der Waals surface area contributed by atoms with Gasteiger partial charge in [-0.05, 0) is 69.6 Å². The summed E-state index contributed by atoms with van der Waals surface area (Å²) < 4.78 is 37.9. The van der Waals surface area contributed by atoms with Gasteiger partial charge in [0.15, 0.2) is 5.41 Å². The lowest BCUT2D eigenvalue weighted by Crippen LogP contribution is -2.48. The van der Waals surface area contributed by atoms with Crippen molar-refractivity contribution in [2.75, 3.05) is 13.2 Å². The lowest BCUT2D eigenvalue weighted by molar-refractivity contribution is -0.175. The third-order valence-electron chi connectivity index (χ3n) is 5.86. The first-order valence-electron chi connectivity index (χ1n) is 9.99. The number of ether oxygens (including phenoxy) is 2. The number of nitrogens with one attached hydrogen (secondary N) is 1. The highest BCUT2D eigenvalue weighted by atomic mass is 19.1. The van der Waals surface area contributed by atoms with Gasteiger partial charge in [-0.2, -0.15) is 0 Å². The van der Waals surface area contributed by atoms with E-state index in [4.69, 9.17) is 9.47 Å². The molecule has 2 aliphatic carbocycles. The molecule has 0 bridgehead atoms. The van der Waals surface area contributed by atoms with Crippen LogP contribution in [0, 0.1) is 17.0 Å². The molecule has 5 nitrogen and oxygen atoms in total. The van der Waals surface area contributed by atoms with Crippen LogP contribution >= 0.6 is 0 Å². The molecule has 0 aromatic heterocycles. The van der Waals surface area contributed by atoms with Gasteiger partial charge in [-0.3, -0.25) is 9.59 Å². The van der Waals surface area contributed by atoms with E-state index in [1.54, 1.807) is 13.8 Å². The van der Waals surface area contributed by atoms with Gasteiger partial charge in [-0.25, -0.2) is 8.78 Å². The van der Waals surface area contributed by atoms with E-state index in [0.717, 1.165) is 6.07 Å². The van der Waals surface area contributed by atoms with Crippen LogP contribution < -0.4 is 5.32 Å². The standard InChI is InChI=1S/C21H27F2NO4/c1-3-27-19(25)21(20(26)28-4-2)9-7-14(8-10-21)24-18-6-5-15-16(18)11-13(22)12-17(15)23/h11-12,14,18,24H,3-10H2,1-2H3. The summed E-state index contributed by atoms with van der Waals surface area (Å²) in [5.74, 6) is -2.12. The Morgan fingerprint density at radius 2 is 1.68 bits per heavy atom. The van der Waals surface area contributed by atoms with Gasteiger partial charge in [0.25, 0.3) is 0 Å². The van der Waals surface area contributed by atoms with Crippen LogP contribution in [-0.2, 0) is 25.5 Å². The number of rotatable bonds is 6. The highest BCUT2D eigenvalue weighted by Gasteiger charge is 2.51. The Morgan fingerprint density at radius 3 is 2.25 bits per heavy atom. The summed E-state index contributed by atoms with van der Waals surface area (Å²) >= 11 is 0. The molecule has 1 saturated carbocycles. The Hall–Kier alpha value is -2.02. The van der Waals surface area contributed by atoms with Crippen molar-refractivity contribution in [3.63, 3.8) is 0 Å². The SMILES string of the molecule is CCOC(=O)C1(C(=O)OCC)CCC(NC2CCc3c(F)cc(F)cc32)CC1. The molecule has 3 rings (SSSR count). The Kier molecular flexibility index (Phi) is 6.33. The van der Waals surface area contributed by atoms with Crippen LogP contribution in [0.2, 0.25) is 0 Å². The van der Waals surface area contributed by atoms with Crippen LogP contribution in [-0.4, -0.2) is 31.2 Å². The van der Waals surface area contributed by atoms with Gasteiger partial charge in [-0.1, -0.05) is 0 Å². The molecule has 0 heterocycles. The van der Waals surface area contributed by atoms with Gasteiger partial charge < -0.3 is 14.8 Å². The average molecular weight is 395 g/mol. The van der Waals surface area contributed by atoms with Gasteiger partial charge in [-0.15, -0.1) is 0 Å². The molecule has 0 radical (unpaired) electrons. The molecule has 0 saturated heterocycles. The molecule has 1 aromatic rings. The molecule has 1 atom stereocenters. The minimum absolute atomic E-state index is 0.0549. The van der Waals surface area contributed by atoms with Crippen LogP contribution in [0.3, 0.4) is 0 Å². The summed E-state index contributed by atoms with van der Waals surface area (Å²) in [7, 11) is 0. The third kappa shape index (κ3) is 3.90. The summed E-state index contributed by atoms with van der Waals surface area (Å²) in [5.41, 5.74) is -0.0112. The van der Waals surface area contributed by atoms with E-state index >= 15 is 0 Å². The molecular weight excluding hydrogens is 368 g/mol. The fourth-order valence-corrected chi connectivity index (χ4v) is 4.41. The molecule has 0 aliphatic heterocycles. The predicted octanol–water partition coefficient (Wildman–Crippen LogP) is 3.60. The molecule has 1 fully saturated rings. The molecule has 0 amide bonds. The Labute approximate surface area is 163 Å². The largest absolute Gasteiger partial charge is 0.465 e. The van der Waals surface area contributed by atoms with Crippen molar-refractivity contribution in [1.29, 1.82) is 0 Å². The van der Waals surface area contributed by atoms with Crippen molar-refractivity contribution in [2.24, 2.45) is 5.41 Å². The Morgan fingerprint density at radius 1 is 1.07 bits per heavy atom. The first kappa shape index (κ1) is 20.7. The quantitative estimate of drug-likeness (QED) is 0.589. The summed E-state index contributed by atoms with van der Waals surface area (Å²) in [6, 6.07) is 2.25. The molecule has 7 heteroatoms. The van der Waals surface area contributed by atoms with Crippen LogP contribution in [0.25, 0.3) is 0 Å². The third-order valence-corrected chi connectivity index (χ3v) is 5.86. The molecule has 0 spiro atoms. The Balaban J connectivity index is 1.68. The maximum Gasteiger partial charge on any atom is 0.323 e. The number of esters is 2. The molecule has 154 valence electrons. The molecular formula is C21H27F2NO4. The van der Waals surface area contributed by atoms with Crippen LogP contribution in [0.4, 0.5) is 8.78 Å². The summed E-state index contributed by atoms with van der Waals surface area (Å²) in [4.78, 5) is 25.0. The molecule has 2 aliphatic rings. The van der Waals surface area contributed by atoms with E-state index in [1.807, 2.05) is 0 Å². The van der Waals surface area contributed by atoms with Crippen LogP contribution in [0.15, 0.2) is 12.1 Å². The maximum absolute atomic E-state index is 14.0. The smallest absolute Gasteiger partial charge is 0.323 e. The fraction of sp³-hybridized carbons (Fsp3) is 0.619. The second kappa shape index (κ2) is 8.55. The first-order chi connectivity index (χ1) is 13.4. The minimum Gasteiger partial charge on any atom is -0.465 e. The van der Waals surface area contributed by atoms with Gasteiger partial charge in [0.2, 0.25) is 0 Å². The zero-order chi connectivity index (χ0) is 20.3. The monoisotopic (exact) mass is 395 g/mol. The minimum atomic E-state index is -1.25. The number of carbonyl (C=O) groups excluding carboxylic acids is 2. The van der Waals surface area contributed by atoms with E-state index in [0.29, 0.717) is 49.7 Å². The van der Waals surface area contributed by atoms with Crippen molar-refractivity contribution >= 4 is 11.9 Å². The predicted molar refractivity (Wildman–Crippen MR) is 98.5 cm³/mol. The topological polar surface area (TPSA) is 64.6 Å². The van der Waals surface area contributed by atoms with E-state index < -0.39 is 29.0 Å². The van der Waals surface area contributed by atoms with E-state index in [-0.39, 0.29) is 25.3 Å². The number of fused-ring (bicyclic) bond motifs is 1. The van der Waals surface area contributed by atoms with Crippen LogP contribution in [0.5, 0.6) is 0 Å². The zero-order valence-corrected chi connectivity index (χ0v) is 16.4. The van der Waals surface area contributed by atoms with Gasteiger partial charge >= 0.3 is 11.9 Å². The van der Waals surface area contributed by atoms with Crippen LogP contribution in [0.1, 0.15) is 63.1 Å². The lowest BCUT2D eigenvalue weighted by atomic mass is 9.72. The molecule has 1 unspecified atom stereocenters. The number of hydrogen-bond acceptors (Lipinski definition) is 5. The summed E-state index contributed by atoms with van der Waals surface area (Å²) in [6.07, 6.45) is 3.11. The van der Waals surface area contributed by atoms with Crippen molar-refractivity contribution in [2.45, 2.75) is 64.5 Å². The molecule has 28 heavy (non-hydrogen) atoms. The fourth-order valence-electron chi connectivity index (χ4n) is 4.41. The van der Waals surface area contributed by atoms with E-state index in [2.05, 4.69) is 5.32 Å². The highest BCUT2D eigenvalue weighted by molar-refractivity contribution is 6.00. The second-order valence-electron chi connectivity index (χ2n) is 7.51. The highest BCUT2D eigenvalue weighted by Crippen LogP contribution is 2.41. The van der Waals surface area contributed by atoms with E-state index in [9.17, 15) is 18.4 Å². The summed E-state index contributed by atoms with van der Waals surface area (Å²) in [5, 5.41) is 3.47. The van der Waals surface area contributed by atoms with Crippen molar-refractivity contribution in [3.8, 4) is 0 Å². The van der Waals surface area contributed by atoms with Crippen molar-refractivity contribution in [3.05, 3.63) is 34.9 Å². The Bertz CT molecular complexity index is 724. The van der Waals surface area contributed by atoms with Gasteiger partial charge in [0.05, 0.1) is 13.2 Å². The molecule has 1 N–H and O–H groups in total. The normalized spacial score (nSPS) is 21.2. The average Bonchev–Trinajstić information content (AvgIpc) is 3.06. The first-order valence-corrected chi connectivity index (χ1v) is 9.99. The van der Waals surface area contributed by atoms with Crippen molar-refractivity contribution < 1.29 is 27.8 Å². The number of hydrogen-bond donors (Lipinski definition) is 1. The van der Waals surface area contributed by atoms with Crippen molar-refractivity contribution in [1.82, 2.24) is 5.32 Å². The number of halogens is 2.